The van der Waals surface area contributed by atoms with E-state index in [9.17, 15) is 0 Å². The fourth-order valence-corrected chi connectivity index (χ4v) is 2.34. The molecule has 2 rings (SSSR count). The summed E-state index contributed by atoms with van der Waals surface area (Å²) >= 11 is 3.38. The third-order valence-electron chi connectivity index (χ3n) is 2.76. The van der Waals surface area contributed by atoms with Gasteiger partial charge >= 0.3 is 0 Å². The number of aromatic nitrogens is 1. The van der Waals surface area contributed by atoms with Crippen molar-refractivity contribution in [3.63, 3.8) is 0 Å². The first-order valence-corrected chi connectivity index (χ1v) is 6.00. The highest BCUT2D eigenvalue weighted by molar-refractivity contribution is 9.10. The van der Waals surface area contributed by atoms with Crippen molar-refractivity contribution in [3.05, 3.63) is 22.3 Å². The largest absolute Gasteiger partial charge is 0.473 e. The summed E-state index contributed by atoms with van der Waals surface area (Å²) in [5.74, 6) is 0.709. The maximum atomic E-state index is 5.94. The number of rotatable bonds is 2. The fraction of sp³-hybridized carbons (Fsp3) is 0.545. The zero-order valence-corrected chi connectivity index (χ0v) is 10.3. The number of halogens is 1. The molecule has 1 fully saturated rings. The molecular weight excluding hydrogens is 256 g/mol. The molecule has 1 aliphatic carbocycles. The molecule has 4 heteroatoms. The zero-order valence-electron chi connectivity index (χ0n) is 8.74. The fourth-order valence-electron chi connectivity index (χ4n) is 1.90. The van der Waals surface area contributed by atoms with Gasteiger partial charge in [0, 0.05) is 22.3 Å². The monoisotopic (exact) mass is 270 g/mol. The van der Waals surface area contributed by atoms with Crippen LogP contribution in [-0.4, -0.2) is 17.1 Å². The number of nitrogens with zero attached hydrogens (tertiary/aromatic N) is 1. The highest BCUT2D eigenvalue weighted by atomic mass is 79.9. The molecule has 82 valence electrons. The summed E-state index contributed by atoms with van der Waals surface area (Å²) in [4.78, 5) is 4.25. The van der Waals surface area contributed by atoms with Gasteiger partial charge in [-0.1, -0.05) is 0 Å². The van der Waals surface area contributed by atoms with E-state index in [2.05, 4.69) is 20.9 Å². The Bertz CT molecular complexity index is 356. The van der Waals surface area contributed by atoms with Gasteiger partial charge in [0.25, 0.3) is 0 Å². The van der Waals surface area contributed by atoms with Gasteiger partial charge in [0.15, 0.2) is 0 Å². The quantitative estimate of drug-likeness (QED) is 0.898. The van der Waals surface area contributed by atoms with Crippen LogP contribution in [-0.2, 0) is 0 Å². The summed E-state index contributed by atoms with van der Waals surface area (Å²) in [5, 5.41) is 0. The SMILES string of the molecule is Cc1cc(Br)cnc1OC1CCCC1N. The number of ether oxygens (including phenoxy) is 1. The Morgan fingerprint density at radius 2 is 2.33 bits per heavy atom. The van der Waals surface area contributed by atoms with Crippen molar-refractivity contribution in [3.8, 4) is 5.88 Å². The van der Waals surface area contributed by atoms with Gasteiger partial charge in [-0.3, -0.25) is 0 Å². The lowest BCUT2D eigenvalue weighted by Gasteiger charge is -2.18. The average molecular weight is 271 g/mol. The van der Waals surface area contributed by atoms with Crippen molar-refractivity contribution < 1.29 is 4.74 Å². The molecule has 2 atom stereocenters. The Balaban J connectivity index is 2.10. The van der Waals surface area contributed by atoms with Gasteiger partial charge < -0.3 is 10.5 Å². The van der Waals surface area contributed by atoms with Crippen LogP contribution in [0.1, 0.15) is 24.8 Å². The van der Waals surface area contributed by atoms with Crippen LogP contribution < -0.4 is 10.5 Å². The third-order valence-corrected chi connectivity index (χ3v) is 3.20. The van der Waals surface area contributed by atoms with E-state index in [4.69, 9.17) is 10.5 Å². The summed E-state index contributed by atoms with van der Waals surface area (Å²) in [7, 11) is 0. The Morgan fingerprint density at radius 3 is 2.93 bits per heavy atom. The predicted molar refractivity (Wildman–Crippen MR) is 62.9 cm³/mol. The average Bonchev–Trinajstić information content (AvgIpc) is 2.57. The maximum Gasteiger partial charge on any atom is 0.216 e. The molecule has 3 nitrogen and oxygen atoms in total. The van der Waals surface area contributed by atoms with E-state index in [1.165, 1.54) is 0 Å². The maximum absolute atomic E-state index is 5.94. The molecule has 0 aromatic carbocycles. The molecule has 0 saturated heterocycles. The van der Waals surface area contributed by atoms with Crippen molar-refractivity contribution in [1.82, 2.24) is 4.98 Å². The van der Waals surface area contributed by atoms with Gasteiger partial charge in [0.1, 0.15) is 6.10 Å². The van der Waals surface area contributed by atoms with Crippen molar-refractivity contribution in [2.75, 3.05) is 0 Å². The number of aryl methyl sites for hydroxylation is 1. The number of hydrogen-bond acceptors (Lipinski definition) is 3. The van der Waals surface area contributed by atoms with Gasteiger partial charge in [0.2, 0.25) is 5.88 Å². The van der Waals surface area contributed by atoms with E-state index >= 15 is 0 Å². The molecule has 1 saturated carbocycles. The first-order valence-electron chi connectivity index (χ1n) is 5.21. The lowest BCUT2D eigenvalue weighted by atomic mass is 10.2. The Kier molecular flexibility index (Phi) is 3.26. The van der Waals surface area contributed by atoms with Gasteiger partial charge in [0.05, 0.1) is 0 Å². The Labute approximate surface area is 98.2 Å². The van der Waals surface area contributed by atoms with Crippen LogP contribution in [0.3, 0.4) is 0 Å². The number of pyridine rings is 1. The summed E-state index contributed by atoms with van der Waals surface area (Å²) in [6.45, 7) is 1.99. The van der Waals surface area contributed by atoms with Gasteiger partial charge in [-0.05, 0) is 48.2 Å². The lowest BCUT2D eigenvalue weighted by molar-refractivity contribution is 0.182. The van der Waals surface area contributed by atoms with Gasteiger partial charge in [-0.15, -0.1) is 0 Å². The molecule has 0 aliphatic heterocycles. The molecule has 2 N–H and O–H groups in total. The van der Waals surface area contributed by atoms with Crippen LogP contribution in [0.5, 0.6) is 5.88 Å². The molecule has 1 aromatic rings. The number of nitrogens with two attached hydrogens (primary N) is 1. The van der Waals surface area contributed by atoms with Crippen molar-refractivity contribution in [1.29, 1.82) is 0 Å². The molecule has 1 heterocycles. The van der Waals surface area contributed by atoms with Crippen LogP contribution >= 0.6 is 15.9 Å². The highest BCUT2D eigenvalue weighted by Crippen LogP contribution is 2.25. The molecule has 1 aliphatic rings. The van der Waals surface area contributed by atoms with Crippen LogP contribution in [0.4, 0.5) is 0 Å². The van der Waals surface area contributed by atoms with Crippen LogP contribution in [0.25, 0.3) is 0 Å². The van der Waals surface area contributed by atoms with Crippen LogP contribution in [0.2, 0.25) is 0 Å². The molecule has 1 aromatic heterocycles. The Hall–Kier alpha value is -0.610. The van der Waals surface area contributed by atoms with E-state index in [1.807, 2.05) is 13.0 Å². The lowest BCUT2D eigenvalue weighted by Crippen LogP contribution is -2.34. The summed E-state index contributed by atoms with van der Waals surface area (Å²) in [5.41, 5.74) is 6.99. The van der Waals surface area contributed by atoms with E-state index in [0.717, 1.165) is 29.3 Å². The van der Waals surface area contributed by atoms with E-state index in [1.54, 1.807) is 6.20 Å². The second kappa shape index (κ2) is 4.49. The van der Waals surface area contributed by atoms with Crippen molar-refractivity contribution in [2.45, 2.75) is 38.3 Å². The minimum Gasteiger partial charge on any atom is -0.473 e. The molecule has 2 unspecified atom stereocenters. The molecular formula is C11H15BrN2O. The first-order chi connectivity index (χ1) is 7.16. The van der Waals surface area contributed by atoms with E-state index in [-0.39, 0.29) is 12.1 Å². The molecule has 0 bridgehead atoms. The minimum absolute atomic E-state index is 0.136. The highest BCUT2D eigenvalue weighted by Gasteiger charge is 2.26. The minimum atomic E-state index is 0.136. The zero-order chi connectivity index (χ0) is 10.8. The summed E-state index contributed by atoms with van der Waals surface area (Å²) in [6, 6.07) is 2.16. The van der Waals surface area contributed by atoms with Crippen LogP contribution in [0, 0.1) is 6.92 Å². The first kappa shape index (κ1) is 10.9. The smallest absolute Gasteiger partial charge is 0.216 e. The normalized spacial score (nSPS) is 25.5. The third kappa shape index (κ3) is 2.49. The standard InChI is InChI=1S/C11H15BrN2O/c1-7-5-8(12)6-14-11(7)15-10-4-2-3-9(10)13/h5-6,9-10H,2-4,13H2,1H3. The summed E-state index contributed by atoms with van der Waals surface area (Å²) < 4.78 is 6.79. The second-order valence-corrected chi connectivity index (χ2v) is 4.94. The topological polar surface area (TPSA) is 48.1 Å². The molecule has 15 heavy (non-hydrogen) atoms. The van der Waals surface area contributed by atoms with Crippen molar-refractivity contribution in [2.24, 2.45) is 5.73 Å². The van der Waals surface area contributed by atoms with E-state index < -0.39 is 0 Å². The molecule has 0 amide bonds. The predicted octanol–water partition coefficient (Wildman–Crippen LogP) is 2.41. The summed E-state index contributed by atoms with van der Waals surface area (Å²) in [6.07, 6.45) is 5.14. The Morgan fingerprint density at radius 1 is 1.53 bits per heavy atom. The molecule has 0 radical (unpaired) electrons. The van der Waals surface area contributed by atoms with Crippen molar-refractivity contribution >= 4 is 15.9 Å². The van der Waals surface area contributed by atoms with Gasteiger partial charge in [-0.2, -0.15) is 0 Å². The molecule has 0 spiro atoms. The van der Waals surface area contributed by atoms with E-state index in [0.29, 0.717) is 5.88 Å². The number of hydrogen-bond donors (Lipinski definition) is 1. The van der Waals surface area contributed by atoms with Gasteiger partial charge in [-0.25, -0.2) is 4.98 Å². The second-order valence-electron chi connectivity index (χ2n) is 4.03. The van der Waals surface area contributed by atoms with Crippen LogP contribution in [0.15, 0.2) is 16.7 Å².